The van der Waals surface area contributed by atoms with E-state index in [2.05, 4.69) is 29.8 Å². The molecule has 0 spiro atoms. The minimum absolute atomic E-state index is 0.0258. The van der Waals surface area contributed by atoms with Crippen LogP contribution in [0, 0.1) is 0 Å². The topological polar surface area (TPSA) is 41.0 Å². The Morgan fingerprint density at radius 3 is 2.53 bits per heavy atom. The van der Waals surface area contributed by atoms with Gasteiger partial charge in [-0.15, -0.1) is 0 Å². The molecule has 1 N–H and O–H groups in total. The van der Waals surface area contributed by atoms with Crippen LogP contribution in [0.15, 0.2) is 23.0 Å². The number of fused-ring (bicyclic) bond motifs is 1. The molecule has 2 rings (SSSR count). The van der Waals surface area contributed by atoms with Crippen molar-refractivity contribution in [2.45, 2.75) is 27.3 Å². The zero-order valence-electron chi connectivity index (χ0n) is 10.7. The molecule has 0 radical (unpaired) electrons. The Labute approximate surface area is 101 Å². The maximum Gasteiger partial charge on any atom is 0.326 e. The smallest absolute Gasteiger partial charge is 0.326 e. The Morgan fingerprint density at radius 1 is 1.24 bits per heavy atom. The first-order valence-electron chi connectivity index (χ1n) is 6.19. The zero-order chi connectivity index (χ0) is 12.4. The average Bonchev–Trinajstić information content (AvgIpc) is 2.66. The van der Waals surface area contributed by atoms with E-state index in [1.807, 2.05) is 19.1 Å². The molecule has 0 bridgehead atoms. The molecule has 1 aromatic carbocycles. The first kappa shape index (κ1) is 11.8. The van der Waals surface area contributed by atoms with Crippen molar-refractivity contribution in [2.24, 2.45) is 0 Å². The van der Waals surface area contributed by atoms with Crippen molar-refractivity contribution in [1.29, 1.82) is 0 Å². The lowest BCUT2D eigenvalue weighted by molar-refractivity contribution is 0.749. The quantitative estimate of drug-likeness (QED) is 0.879. The third-order valence-corrected chi connectivity index (χ3v) is 3.19. The van der Waals surface area contributed by atoms with Crippen LogP contribution >= 0.6 is 0 Å². The highest BCUT2D eigenvalue weighted by molar-refractivity contribution is 5.89. The van der Waals surface area contributed by atoms with Gasteiger partial charge in [-0.25, -0.2) is 4.79 Å². The lowest BCUT2D eigenvalue weighted by atomic mass is 10.2. The molecule has 0 saturated carbocycles. The second-order valence-corrected chi connectivity index (χ2v) is 4.02. The predicted molar refractivity (Wildman–Crippen MR) is 71.8 cm³/mol. The van der Waals surface area contributed by atoms with Gasteiger partial charge in [-0.05, 0) is 32.9 Å². The van der Waals surface area contributed by atoms with Gasteiger partial charge in [0.15, 0.2) is 0 Å². The standard InChI is InChI=1S/C13H19N3O/c1-4-15(5-2)11-9-7-8-10-12(11)16(6-3)13(17)14-10/h7-9H,4-6H2,1-3H3,(H,14,17). The van der Waals surface area contributed by atoms with E-state index in [0.717, 1.165) is 29.8 Å². The summed E-state index contributed by atoms with van der Waals surface area (Å²) in [5.74, 6) is 0. The van der Waals surface area contributed by atoms with Crippen LogP contribution in [0.4, 0.5) is 5.69 Å². The molecule has 0 saturated heterocycles. The van der Waals surface area contributed by atoms with E-state index in [9.17, 15) is 4.79 Å². The highest BCUT2D eigenvalue weighted by atomic mass is 16.1. The van der Waals surface area contributed by atoms with Gasteiger partial charge in [0.05, 0.1) is 16.7 Å². The number of nitrogens with zero attached hydrogens (tertiary/aromatic N) is 2. The number of aromatic amines is 1. The Kier molecular flexibility index (Phi) is 3.22. The van der Waals surface area contributed by atoms with Crippen LogP contribution in [0.5, 0.6) is 0 Å². The summed E-state index contributed by atoms with van der Waals surface area (Å²) in [4.78, 5) is 17.0. The summed E-state index contributed by atoms with van der Waals surface area (Å²) in [6.45, 7) is 8.83. The van der Waals surface area contributed by atoms with Crippen LogP contribution in [-0.4, -0.2) is 22.6 Å². The van der Waals surface area contributed by atoms with Crippen molar-refractivity contribution in [3.05, 3.63) is 28.7 Å². The summed E-state index contributed by atoms with van der Waals surface area (Å²) in [6, 6.07) is 6.02. The van der Waals surface area contributed by atoms with E-state index in [-0.39, 0.29) is 5.69 Å². The molecule has 0 amide bonds. The number of imidazole rings is 1. The molecular formula is C13H19N3O. The van der Waals surface area contributed by atoms with Gasteiger partial charge in [0.2, 0.25) is 0 Å². The molecular weight excluding hydrogens is 214 g/mol. The lowest BCUT2D eigenvalue weighted by Crippen LogP contribution is -2.23. The fourth-order valence-electron chi connectivity index (χ4n) is 2.32. The van der Waals surface area contributed by atoms with Crippen LogP contribution in [0.1, 0.15) is 20.8 Å². The summed E-state index contributed by atoms with van der Waals surface area (Å²) in [5.41, 5.74) is 3.04. The van der Waals surface area contributed by atoms with Crippen LogP contribution in [0.25, 0.3) is 11.0 Å². The molecule has 92 valence electrons. The number of benzene rings is 1. The van der Waals surface area contributed by atoms with Gasteiger partial charge in [0.1, 0.15) is 0 Å². The maximum atomic E-state index is 11.8. The molecule has 0 aliphatic rings. The maximum absolute atomic E-state index is 11.8. The largest absolute Gasteiger partial charge is 0.370 e. The van der Waals surface area contributed by atoms with Crippen LogP contribution in [0.2, 0.25) is 0 Å². The minimum Gasteiger partial charge on any atom is -0.370 e. The number of hydrogen-bond acceptors (Lipinski definition) is 2. The van der Waals surface area contributed by atoms with E-state index < -0.39 is 0 Å². The number of para-hydroxylation sites is 1. The highest BCUT2D eigenvalue weighted by Gasteiger charge is 2.12. The van der Waals surface area contributed by atoms with Crippen molar-refractivity contribution in [2.75, 3.05) is 18.0 Å². The van der Waals surface area contributed by atoms with E-state index in [1.165, 1.54) is 0 Å². The highest BCUT2D eigenvalue weighted by Crippen LogP contribution is 2.24. The monoisotopic (exact) mass is 233 g/mol. The number of H-pyrrole nitrogens is 1. The third kappa shape index (κ3) is 1.84. The number of aromatic nitrogens is 2. The van der Waals surface area contributed by atoms with E-state index in [0.29, 0.717) is 6.54 Å². The van der Waals surface area contributed by atoms with E-state index in [4.69, 9.17) is 0 Å². The van der Waals surface area contributed by atoms with Gasteiger partial charge in [-0.3, -0.25) is 4.57 Å². The summed E-state index contributed by atoms with van der Waals surface area (Å²) in [6.07, 6.45) is 0. The van der Waals surface area contributed by atoms with Gasteiger partial charge in [-0.2, -0.15) is 0 Å². The summed E-state index contributed by atoms with van der Waals surface area (Å²) in [7, 11) is 0. The lowest BCUT2D eigenvalue weighted by Gasteiger charge is -2.22. The molecule has 0 atom stereocenters. The fraction of sp³-hybridized carbons (Fsp3) is 0.462. The van der Waals surface area contributed by atoms with Gasteiger partial charge < -0.3 is 9.88 Å². The van der Waals surface area contributed by atoms with Gasteiger partial charge in [0, 0.05) is 19.6 Å². The fourth-order valence-corrected chi connectivity index (χ4v) is 2.32. The normalized spacial score (nSPS) is 11.0. The summed E-state index contributed by atoms with van der Waals surface area (Å²) >= 11 is 0. The van der Waals surface area contributed by atoms with Gasteiger partial charge in [-0.1, -0.05) is 6.07 Å². The third-order valence-electron chi connectivity index (χ3n) is 3.19. The molecule has 0 aliphatic carbocycles. The average molecular weight is 233 g/mol. The van der Waals surface area contributed by atoms with Gasteiger partial charge >= 0.3 is 5.69 Å². The van der Waals surface area contributed by atoms with Crippen molar-refractivity contribution in [3.8, 4) is 0 Å². The van der Waals surface area contributed by atoms with Crippen molar-refractivity contribution < 1.29 is 0 Å². The Morgan fingerprint density at radius 2 is 1.94 bits per heavy atom. The van der Waals surface area contributed by atoms with Crippen LogP contribution < -0.4 is 10.6 Å². The summed E-state index contributed by atoms with van der Waals surface area (Å²) < 4.78 is 1.79. The number of nitrogens with one attached hydrogen (secondary N) is 1. The second kappa shape index (κ2) is 4.65. The Bertz CT molecular complexity index is 564. The number of anilines is 1. The molecule has 0 aliphatic heterocycles. The van der Waals surface area contributed by atoms with Crippen LogP contribution in [-0.2, 0) is 6.54 Å². The Hall–Kier alpha value is -1.71. The van der Waals surface area contributed by atoms with Crippen molar-refractivity contribution >= 4 is 16.7 Å². The predicted octanol–water partition coefficient (Wildman–Crippen LogP) is 2.20. The van der Waals surface area contributed by atoms with E-state index in [1.54, 1.807) is 4.57 Å². The molecule has 0 unspecified atom stereocenters. The number of hydrogen-bond donors (Lipinski definition) is 1. The van der Waals surface area contributed by atoms with Crippen LogP contribution in [0.3, 0.4) is 0 Å². The molecule has 1 heterocycles. The first-order chi connectivity index (χ1) is 8.22. The molecule has 2 aromatic rings. The second-order valence-electron chi connectivity index (χ2n) is 4.02. The van der Waals surface area contributed by atoms with Crippen molar-refractivity contribution in [3.63, 3.8) is 0 Å². The number of aryl methyl sites for hydroxylation is 1. The molecule has 1 aromatic heterocycles. The number of rotatable bonds is 4. The van der Waals surface area contributed by atoms with E-state index >= 15 is 0 Å². The molecule has 4 nitrogen and oxygen atoms in total. The molecule has 0 fully saturated rings. The van der Waals surface area contributed by atoms with Gasteiger partial charge in [0.25, 0.3) is 0 Å². The first-order valence-corrected chi connectivity index (χ1v) is 6.19. The SMILES string of the molecule is CCN(CC)c1cccc2[nH]c(=O)n(CC)c12. The summed E-state index contributed by atoms with van der Waals surface area (Å²) in [5, 5.41) is 0. The molecule has 17 heavy (non-hydrogen) atoms. The Balaban J connectivity index is 2.74. The minimum atomic E-state index is -0.0258. The molecule has 4 heteroatoms. The van der Waals surface area contributed by atoms with Crippen molar-refractivity contribution in [1.82, 2.24) is 9.55 Å². The zero-order valence-corrected chi connectivity index (χ0v) is 10.7.